The van der Waals surface area contributed by atoms with Gasteiger partial charge in [0.2, 0.25) is 0 Å². The Morgan fingerprint density at radius 1 is 1.00 bits per heavy atom. The van der Waals surface area contributed by atoms with Crippen LogP contribution < -0.4 is 5.32 Å². The number of nitrogens with one attached hydrogen (secondary N) is 1. The van der Waals surface area contributed by atoms with Crippen molar-refractivity contribution in [1.29, 1.82) is 0 Å². The fourth-order valence-electron chi connectivity index (χ4n) is 7.10. The van der Waals surface area contributed by atoms with Gasteiger partial charge in [0.15, 0.2) is 0 Å². The molecule has 2 bridgehead atoms. The lowest BCUT2D eigenvalue weighted by molar-refractivity contribution is -0.140. The quantitative estimate of drug-likeness (QED) is 0.462. The summed E-state index contributed by atoms with van der Waals surface area (Å²) in [5, 5.41) is 3.38. The van der Waals surface area contributed by atoms with Gasteiger partial charge in [0.1, 0.15) is 6.10 Å². The van der Waals surface area contributed by atoms with E-state index in [1.54, 1.807) is 11.0 Å². The average Bonchev–Trinajstić information content (AvgIpc) is 2.77. The second kappa shape index (κ2) is 9.97. The third kappa shape index (κ3) is 5.66. The Labute approximate surface area is 217 Å². The third-order valence-electron chi connectivity index (χ3n) is 8.39. The van der Waals surface area contributed by atoms with Gasteiger partial charge >= 0.3 is 12.2 Å². The highest BCUT2D eigenvalue weighted by atomic mass is 19.4. The number of alkyl halides is 3. The smallest absolute Gasteiger partial charge is 0.362 e. The van der Waals surface area contributed by atoms with E-state index in [2.05, 4.69) is 19.2 Å². The molecule has 37 heavy (non-hydrogen) atoms. The second-order valence-electron chi connectivity index (χ2n) is 11.9. The number of carbonyl (C=O) groups is 1. The summed E-state index contributed by atoms with van der Waals surface area (Å²) in [6.45, 7) is 7.23. The topological polar surface area (TPSA) is 41.6 Å². The maximum Gasteiger partial charge on any atom is 0.416 e. The first-order chi connectivity index (χ1) is 17.5. The van der Waals surface area contributed by atoms with Crippen LogP contribution in [0.25, 0.3) is 0 Å². The first kappa shape index (κ1) is 26.1. The van der Waals surface area contributed by atoms with Crippen LogP contribution in [-0.2, 0) is 10.9 Å². The maximum absolute atomic E-state index is 13.9. The first-order valence-corrected chi connectivity index (χ1v) is 13.5. The predicted molar refractivity (Wildman–Crippen MR) is 137 cm³/mol. The number of ether oxygens (including phenoxy) is 1. The van der Waals surface area contributed by atoms with Crippen LogP contribution >= 0.6 is 0 Å². The molecule has 2 saturated carbocycles. The molecule has 0 aromatic heterocycles. The number of fused-ring (bicyclic) bond motifs is 2. The third-order valence-corrected chi connectivity index (χ3v) is 8.39. The molecule has 5 rings (SSSR count). The summed E-state index contributed by atoms with van der Waals surface area (Å²) >= 11 is 0. The van der Waals surface area contributed by atoms with Crippen LogP contribution in [0, 0.1) is 24.7 Å². The lowest BCUT2D eigenvalue weighted by Crippen LogP contribution is -2.64. The van der Waals surface area contributed by atoms with E-state index >= 15 is 0 Å². The van der Waals surface area contributed by atoms with Crippen LogP contribution in [0.5, 0.6) is 0 Å². The van der Waals surface area contributed by atoms with Gasteiger partial charge in [0.05, 0.1) is 24.8 Å². The Morgan fingerprint density at radius 3 is 2.24 bits per heavy atom. The van der Waals surface area contributed by atoms with E-state index in [0.717, 1.165) is 30.9 Å². The number of nitrogens with zero attached hydrogens (tertiary/aromatic N) is 1. The van der Waals surface area contributed by atoms with Crippen molar-refractivity contribution in [3.8, 4) is 0 Å². The van der Waals surface area contributed by atoms with Gasteiger partial charge < -0.3 is 15.0 Å². The second-order valence-corrected chi connectivity index (χ2v) is 11.9. The first-order valence-electron chi connectivity index (χ1n) is 13.5. The van der Waals surface area contributed by atoms with Crippen molar-refractivity contribution in [3.63, 3.8) is 0 Å². The predicted octanol–water partition coefficient (Wildman–Crippen LogP) is 7.12. The van der Waals surface area contributed by atoms with E-state index in [0.29, 0.717) is 36.4 Å². The molecule has 3 aliphatic rings. The summed E-state index contributed by atoms with van der Waals surface area (Å²) in [6, 6.07) is 12.9. The largest absolute Gasteiger partial charge is 0.416 e. The molecule has 0 radical (unpaired) electrons. The molecule has 1 heterocycles. The fraction of sp³-hybridized carbons (Fsp3) is 0.567. The van der Waals surface area contributed by atoms with Crippen LogP contribution in [0.3, 0.4) is 0 Å². The van der Waals surface area contributed by atoms with Crippen molar-refractivity contribution in [2.24, 2.45) is 17.8 Å². The summed E-state index contributed by atoms with van der Waals surface area (Å²) in [5.74, 6) is 1.87. The lowest BCUT2D eigenvalue weighted by Gasteiger charge is -2.51. The van der Waals surface area contributed by atoms with Gasteiger partial charge in [0.25, 0.3) is 0 Å². The zero-order valence-electron chi connectivity index (χ0n) is 21.9. The molecule has 3 unspecified atom stereocenters. The molecule has 200 valence electrons. The summed E-state index contributed by atoms with van der Waals surface area (Å²) in [4.78, 5) is 14.9. The standard InChI is InChI=1S/C30H37F3N2O2/c1-19-8-10-23(11-9-19)27(25-6-4-5-7-26(25)30(31,32)33)37-24-17-35(18-24)28(36)34-29-14-20(2)12-22(16-29)13-21(3)15-29/h4-11,20-22,24,27H,12-18H2,1-3H3,(H,34,36). The van der Waals surface area contributed by atoms with E-state index in [1.807, 2.05) is 31.2 Å². The molecule has 1 saturated heterocycles. The number of carbonyl (C=O) groups excluding carboxylic acids is 1. The molecule has 2 aliphatic carbocycles. The normalized spacial score (nSPS) is 28.9. The molecule has 7 heteroatoms. The van der Waals surface area contributed by atoms with E-state index in [9.17, 15) is 18.0 Å². The molecule has 2 aromatic rings. The molecular formula is C30H37F3N2O2. The minimum Gasteiger partial charge on any atom is -0.362 e. The van der Waals surface area contributed by atoms with E-state index in [-0.39, 0.29) is 23.2 Å². The highest BCUT2D eigenvalue weighted by Gasteiger charge is 2.47. The molecule has 1 aliphatic heterocycles. The minimum absolute atomic E-state index is 0.0793. The van der Waals surface area contributed by atoms with Crippen LogP contribution in [0.4, 0.5) is 18.0 Å². The Hall–Kier alpha value is -2.54. The molecule has 2 amide bonds. The van der Waals surface area contributed by atoms with Gasteiger partial charge in [-0.3, -0.25) is 0 Å². The Kier molecular flexibility index (Phi) is 7.03. The Balaban J connectivity index is 1.29. The van der Waals surface area contributed by atoms with Crippen molar-refractivity contribution in [1.82, 2.24) is 10.2 Å². The van der Waals surface area contributed by atoms with Crippen molar-refractivity contribution < 1.29 is 22.7 Å². The molecule has 1 N–H and O–H groups in total. The number of hydrogen-bond acceptors (Lipinski definition) is 2. The zero-order chi connectivity index (χ0) is 26.4. The molecule has 3 atom stereocenters. The zero-order valence-corrected chi connectivity index (χ0v) is 21.9. The van der Waals surface area contributed by atoms with Crippen molar-refractivity contribution >= 4 is 6.03 Å². The minimum atomic E-state index is -4.49. The SMILES string of the molecule is Cc1ccc(C(OC2CN(C(=O)NC34CC(C)CC(CC(C)C3)C4)C2)c2ccccc2C(F)(F)F)cc1. The lowest BCUT2D eigenvalue weighted by atomic mass is 9.61. The number of hydrogen-bond donors (Lipinski definition) is 1. The highest BCUT2D eigenvalue weighted by molar-refractivity contribution is 5.76. The number of likely N-dealkylation sites (tertiary alicyclic amines) is 1. The van der Waals surface area contributed by atoms with Gasteiger partial charge in [-0.2, -0.15) is 13.2 Å². The number of benzene rings is 2. The van der Waals surface area contributed by atoms with Gasteiger partial charge in [-0.05, 0) is 74.0 Å². The van der Waals surface area contributed by atoms with Gasteiger partial charge in [-0.25, -0.2) is 4.79 Å². The van der Waals surface area contributed by atoms with E-state index in [1.165, 1.54) is 25.0 Å². The summed E-state index contributed by atoms with van der Waals surface area (Å²) < 4.78 is 47.9. The summed E-state index contributed by atoms with van der Waals surface area (Å²) in [6.07, 6.45) is -0.146. The van der Waals surface area contributed by atoms with E-state index < -0.39 is 17.8 Å². The van der Waals surface area contributed by atoms with Crippen LogP contribution in [-0.4, -0.2) is 35.7 Å². The summed E-state index contributed by atoms with van der Waals surface area (Å²) in [7, 11) is 0. The summed E-state index contributed by atoms with van der Waals surface area (Å²) in [5.41, 5.74) is 0.954. The highest BCUT2D eigenvalue weighted by Crippen LogP contribution is 2.47. The van der Waals surface area contributed by atoms with Gasteiger partial charge in [-0.15, -0.1) is 0 Å². The number of aryl methyl sites for hydroxylation is 1. The van der Waals surface area contributed by atoms with Crippen LogP contribution in [0.1, 0.15) is 74.3 Å². The molecular weight excluding hydrogens is 477 g/mol. The maximum atomic E-state index is 13.9. The number of urea groups is 1. The number of halogens is 3. The Morgan fingerprint density at radius 2 is 1.62 bits per heavy atom. The van der Waals surface area contributed by atoms with Gasteiger partial charge in [0, 0.05) is 5.54 Å². The van der Waals surface area contributed by atoms with Crippen LogP contribution in [0.15, 0.2) is 48.5 Å². The fourth-order valence-corrected chi connectivity index (χ4v) is 7.10. The van der Waals surface area contributed by atoms with Crippen molar-refractivity contribution in [2.75, 3.05) is 13.1 Å². The van der Waals surface area contributed by atoms with Gasteiger partial charge in [-0.1, -0.05) is 61.9 Å². The van der Waals surface area contributed by atoms with Crippen molar-refractivity contribution in [2.45, 2.75) is 76.8 Å². The monoisotopic (exact) mass is 514 g/mol. The Bertz CT molecular complexity index is 1090. The average molecular weight is 515 g/mol. The molecule has 2 aromatic carbocycles. The number of amides is 2. The number of rotatable bonds is 5. The molecule has 3 fully saturated rings. The van der Waals surface area contributed by atoms with Crippen LogP contribution in [0.2, 0.25) is 0 Å². The molecule has 4 nitrogen and oxygen atoms in total. The van der Waals surface area contributed by atoms with Crippen molar-refractivity contribution in [3.05, 3.63) is 70.8 Å². The molecule has 0 spiro atoms. The van der Waals surface area contributed by atoms with E-state index in [4.69, 9.17) is 4.74 Å².